The lowest BCUT2D eigenvalue weighted by Crippen LogP contribution is -2.45. The predicted molar refractivity (Wildman–Crippen MR) is 73.4 cm³/mol. The Labute approximate surface area is 107 Å². The Bertz CT molecular complexity index is 187. The maximum Gasteiger partial charge on any atom is 0.0474 e. The summed E-state index contributed by atoms with van der Waals surface area (Å²) >= 11 is 0. The van der Waals surface area contributed by atoms with Crippen LogP contribution in [0.1, 0.15) is 39.5 Å². The largest absolute Gasteiger partial charge is 0.385 e. The van der Waals surface area contributed by atoms with Crippen LogP contribution in [-0.2, 0) is 4.74 Å². The second-order valence-electron chi connectivity index (χ2n) is 5.31. The van der Waals surface area contributed by atoms with E-state index in [1.807, 2.05) is 0 Å². The van der Waals surface area contributed by atoms with Crippen molar-refractivity contribution >= 4 is 0 Å². The Balaban J connectivity index is 2.11. The highest BCUT2D eigenvalue weighted by Crippen LogP contribution is 2.20. The number of ether oxygens (including phenoxy) is 1. The lowest BCUT2D eigenvalue weighted by atomic mass is 9.95. The summed E-state index contributed by atoms with van der Waals surface area (Å²) in [5.74, 6) is 0.930. The standard InChI is InChI=1S/C14H30N2O/c1-4-14-7-5-9-16(12-14)13(2)11-15-8-6-10-17-3/h13-15H,4-12H2,1-3H3. The molecule has 1 rings (SSSR count). The van der Waals surface area contributed by atoms with Gasteiger partial charge in [0.1, 0.15) is 0 Å². The molecule has 2 atom stereocenters. The molecule has 1 saturated heterocycles. The first-order valence-electron chi connectivity index (χ1n) is 7.21. The summed E-state index contributed by atoms with van der Waals surface area (Å²) in [7, 11) is 1.77. The number of methoxy groups -OCH3 is 1. The molecule has 1 N–H and O–H groups in total. The molecule has 1 fully saturated rings. The normalized spacial score (nSPS) is 23.8. The molecule has 0 saturated carbocycles. The third-order valence-corrected chi connectivity index (χ3v) is 3.89. The van der Waals surface area contributed by atoms with Crippen LogP contribution >= 0.6 is 0 Å². The first-order chi connectivity index (χ1) is 8.27. The van der Waals surface area contributed by atoms with Crippen molar-refractivity contribution in [1.82, 2.24) is 10.2 Å². The van der Waals surface area contributed by atoms with Crippen molar-refractivity contribution in [2.45, 2.75) is 45.6 Å². The van der Waals surface area contributed by atoms with Gasteiger partial charge in [0.05, 0.1) is 0 Å². The zero-order chi connectivity index (χ0) is 12.5. The van der Waals surface area contributed by atoms with Gasteiger partial charge in [-0.2, -0.15) is 0 Å². The van der Waals surface area contributed by atoms with Gasteiger partial charge >= 0.3 is 0 Å². The summed E-state index contributed by atoms with van der Waals surface area (Å²) in [6.45, 7) is 10.3. The van der Waals surface area contributed by atoms with Crippen LogP contribution in [0.5, 0.6) is 0 Å². The van der Waals surface area contributed by atoms with Crippen molar-refractivity contribution in [2.24, 2.45) is 5.92 Å². The van der Waals surface area contributed by atoms with E-state index >= 15 is 0 Å². The number of piperidine rings is 1. The lowest BCUT2D eigenvalue weighted by molar-refractivity contribution is 0.127. The molecule has 0 amide bonds. The topological polar surface area (TPSA) is 24.5 Å². The third-order valence-electron chi connectivity index (χ3n) is 3.89. The van der Waals surface area contributed by atoms with E-state index in [9.17, 15) is 0 Å². The number of hydrogen-bond donors (Lipinski definition) is 1. The fourth-order valence-corrected chi connectivity index (χ4v) is 2.61. The van der Waals surface area contributed by atoms with Gasteiger partial charge in [-0.3, -0.25) is 4.90 Å². The van der Waals surface area contributed by atoms with Crippen molar-refractivity contribution in [3.8, 4) is 0 Å². The molecular formula is C14H30N2O. The molecule has 17 heavy (non-hydrogen) atoms. The van der Waals surface area contributed by atoms with E-state index < -0.39 is 0 Å². The maximum absolute atomic E-state index is 5.04. The Hall–Kier alpha value is -0.120. The van der Waals surface area contributed by atoms with Crippen LogP contribution in [0.2, 0.25) is 0 Å². The fourth-order valence-electron chi connectivity index (χ4n) is 2.61. The highest BCUT2D eigenvalue weighted by Gasteiger charge is 2.21. The number of rotatable bonds is 8. The van der Waals surface area contributed by atoms with Gasteiger partial charge in [0.15, 0.2) is 0 Å². The molecule has 102 valence electrons. The number of hydrogen-bond acceptors (Lipinski definition) is 3. The van der Waals surface area contributed by atoms with Crippen molar-refractivity contribution < 1.29 is 4.74 Å². The van der Waals surface area contributed by atoms with E-state index in [1.165, 1.54) is 32.4 Å². The van der Waals surface area contributed by atoms with Crippen LogP contribution in [0.15, 0.2) is 0 Å². The molecule has 0 aliphatic carbocycles. The highest BCUT2D eigenvalue weighted by molar-refractivity contribution is 4.77. The molecule has 1 aliphatic heterocycles. The zero-order valence-corrected chi connectivity index (χ0v) is 11.9. The molecule has 0 aromatic rings. The summed E-state index contributed by atoms with van der Waals surface area (Å²) in [6.07, 6.45) is 5.26. The lowest BCUT2D eigenvalue weighted by Gasteiger charge is -2.36. The van der Waals surface area contributed by atoms with Crippen LogP contribution in [0, 0.1) is 5.92 Å². The van der Waals surface area contributed by atoms with E-state index in [0.717, 1.165) is 32.0 Å². The van der Waals surface area contributed by atoms with Gasteiger partial charge in [0.25, 0.3) is 0 Å². The highest BCUT2D eigenvalue weighted by atomic mass is 16.5. The van der Waals surface area contributed by atoms with E-state index in [0.29, 0.717) is 6.04 Å². The SMILES string of the molecule is CCC1CCCN(C(C)CNCCCOC)C1. The summed E-state index contributed by atoms with van der Waals surface area (Å²) < 4.78 is 5.04. The minimum Gasteiger partial charge on any atom is -0.385 e. The van der Waals surface area contributed by atoms with E-state index in [2.05, 4.69) is 24.1 Å². The summed E-state index contributed by atoms with van der Waals surface area (Å²) in [4.78, 5) is 2.65. The number of nitrogens with zero attached hydrogens (tertiary/aromatic N) is 1. The first-order valence-corrected chi connectivity index (χ1v) is 7.21. The quantitative estimate of drug-likeness (QED) is 0.660. The zero-order valence-electron chi connectivity index (χ0n) is 11.9. The van der Waals surface area contributed by atoms with Crippen LogP contribution in [0.4, 0.5) is 0 Å². The molecule has 0 aromatic carbocycles. The Kier molecular flexibility index (Phi) is 7.82. The van der Waals surface area contributed by atoms with Crippen LogP contribution in [0.3, 0.4) is 0 Å². The van der Waals surface area contributed by atoms with Crippen molar-refractivity contribution in [3.63, 3.8) is 0 Å². The van der Waals surface area contributed by atoms with Crippen molar-refractivity contribution in [2.75, 3.05) is 39.9 Å². The molecule has 3 heteroatoms. The van der Waals surface area contributed by atoms with Gasteiger partial charge in [0, 0.05) is 32.8 Å². The van der Waals surface area contributed by atoms with Gasteiger partial charge in [-0.25, -0.2) is 0 Å². The Morgan fingerprint density at radius 2 is 2.29 bits per heavy atom. The second kappa shape index (κ2) is 8.90. The van der Waals surface area contributed by atoms with E-state index in [4.69, 9.17) is 4.74 Å². The average molecular weight is 242 g/mol. The predicted octanol–water partition coefficient (Wildman–Crippen LogP) is 2.12. The van der Waals surface area contributed by atoms with Gasteiger partial charge in [-0.15, -0.1) is 0 Å². The molecular weight excluding hydrogens is 212 g/mol. The summed E-state index contributed by atoms with van der Waals surface area (Å²) in [5.41, 5.74) is 0. The molecule has 1 aliphatic rings. The Morgan fingerprint density at radius 1 is 1.47 bits per heavy atom. The summed E-state index contributed by atoms with van der Waals surface area (Å²) in [5, 5.41) is 3.53. The van der Waals surface area contributed by atoms with Crippen LogP contribution in [-0.4, -0.2) is 50.8 Å². The maximum atomic E-state index is 5.04. The van der Waals surface area contributed by atoms with Gasteiger partial charge in [-0.1, -0.05) is 13.3 Å². The second-order valence-corrected chi connectivity index (χ2v) is 5.31. The van der Waals surface area contributed by atoms with Gasteiger partial charge < -0.3 is 10.1 Å². The number of nitrogens with one attached hydrogen (secondary N) is 1. The molecule has 0 radical (unpaired) electrons. The number of likely N-dealkylation sites (tertiary alicyclic amines) is 1. The van der Waals surface area contributed by atoms with Crippen molar-refractivity contribution in [3.05, 3.63) is 0 Å². The van der Waals surface area contributed by atoms with Gasteiger partial charge in [0.2, 0.25) is 0 Å². The smallest absolute Gasteiger partial charge is 0.0474 e. The first kappa shape index (κ1) is 14.9. The fraction of sp³-hybridized carbons (Fsp3) is 1.00. The molecule has 0 bridgehead atoms. The van der Waals surface area contributed by atoms with Crippen LogP contribution in [0.25, 0.3) is 0 Å². The molecule has 0 aromatic heterocycles. The van der Waals surface area contributed by atoms with Gasteiger partial charge in [-0.05, 0) is 45.2 Å². The van der Waals surface area contributed by atoms with E-state index in [-0.39, 0.29) is 0 Å². The Morgan fingerprint density at radius 3 is 3.00 bits per heavy atom. The minimum atomic E-state index is 0.673. The minimum absolute atomic E-state index is 0.673. The average Bonchev–Trinajstić information content (AvgIpc) is 2.38. The molecule has 0 spiro atoms. The van der Waals surface area contributed by atoms with Crippen LogP contribution < -0.4 is 5.32 Å². The van der Waals surface area contributed by atoms with E-state index in [1.54, 1.807) is 7.11 Å². The summed E-state index contributed by atoms with van der Waals surface area (Å²) in [6, 6.07) is 0.673. The third kappa shape index (κ3) is 5.84. The molecule has 2 unspecified atom stereocenters. The van der Waals surface area contributed by atoms with Crippen molar-refractivity contribution in [1.29, 1.82) is 0 Å². The monoisotopic (exact) mass is 242 g/mol. The molecule has 1 heterocycles. The molecule has 3 nitrogen and oxygen atoms in total.